The summed E-state index contributed by atoms with van der Waals surface area (Å²) < 4.78 is 15.5. The number of nitrogens with one attached hydrogen (secondary N) is 3. The quantitative estimate of drug-likeness (QED) is 0.292. The van der Waals surface area contributed by atoms with Gasteiger partial charge in [0, 0.05) is 17.3 Å². The number of carbonyl (C=O) groups is 3. The van der Waals surface area contributed by atoms with Crippen molar-refractivity contribution in [2.45, 2.75) is 32.7 Å². The lowest BCUT2D eigenvalue weighted by molar-refractivity contribution is -0.145. The molecule has 0 aliphatic carbocycles. The molecule has 1 aromatic carbocycles. The van der Waals surface area contributed by atoms with Crippen LogP contribution in [0, 0.1) is 11.3 Å². The van der Waals surface area contributed by atoms with Crippen LogP contribution >= 0.6 is 0 Å². The number of amides is 2. The summed E-state index contributed by atoms with van der Waals surface area (Å²) in [6, 6.07) is 10.6. The van der Waals surface area contributed by atoms with Gasteiger partial charge in [0.1, 0.15) is 18.2 Å². The van der Waals surface area contributed by atoms with Crippen molar-refractivity contribution in [3.05, 3.63) is 48.2 Å². The second kappa shape index (κ2) is 11.8. The number of pyridine rings is 1. The van der Waals surface area contributed by atoms with Crippen LogP contribution in [0.15, 0.2) is 42.6 Å². The van der Waals surface area contributed by atoms with Crippen LogP contribution < -0.4 is 15.4 Å². The fourth-order valence-electron chi connectivity index (χ4n) is 3.51. The lowest BCUT2D eigenvalue weighted by atomic mass is 10.0. The van der Waals surface area contributed by atoms with Crippen LogP contribution in [0.25, 0.3) is 11.3 Å². The molecule has 1 aliphatic heterocycles. The molecule has 10 nitrogen and oxygen atoms in total. The monoisotopic (exact) mass is 468 g/mol. The van der Waals surface area contributed by atoms with Crippen molar-refractivity contribution in [1.82, 2.24) is 15.6 Å². The number of nitrogens with zero attached hydrogens (tertiary/aromatic N) is 1. The molecule has 2 heterocycles. The molecule has 3 N–H and O–H groups in total. The van der Waals surface area contributed by atoms with Crippen molar-refractivity contribution < 1.29 is 28.6 Å². The highest BCUT2D eigenvalue weighted by molar-refractivity contribution is 6.04. The Balaban J connectivity index is 1.50. The van der Waals surface area contributed by atoms with Crippen LogP contribution in [-0.2, 0) is 19.1 Å². The number of esters is 1. The number of hydrogen-bond donors (Lipinski definition) is 3. The molecular weight excluding hydrogens is 440 g/mol. The fraction of sp³-hybridized carbons (Fsp3) is 0.375. The molecule has 0 spiro atoms. The van der Waals surface area contributed by atoms with E-state index < -0.39 is 12.0 Å². The predicted molar refractivity (Wildman–Crippen MR) is 123 cm³/mol. The molecular formula is C24H28N4O6. The molecule has 3 rings (SSSR count). The van der Waals surface area contributed by atoms with Crippen LogP contribution in [-0.4, -0.2) is 54.7 Å². The molecule has 180 valence electrons. The van der Waals surface area contributed by atoms with Crippen molar-refractivity contribution in [3.63, 3.8) is 0 Å². The van der Waals surface area contributed by atoms with Gasteiger partial charge in [-0.05, 0) is 56.7 Å². The molecule has 1 fully saturated rings. The zero-order valence-corrected chi connectivity index (χ0v) is 19.1. The normalized spacial score (nSPS) is 16.9. The lowest BCUT2D eigenvalue weighted by Crippen LogP contribution is -2.31. The van der Waals surface area contributed by atoms with E-state index in [9.17, 15) is 14.4 Å². The Hall–Kier alpha value is -3.95. The van der Waals surface area contributed by atoms with Gasteiger partial charge >= 0.3 is 12.1 Å². The molecule has 1 aromatic heterocycles. The molecule has 2 aromatic rings. The first-order chi connectivity index (χ1) is 16.4. The summed E-state index contributed by atoms with van der Waals surface area (Å²) in [7, 11) is 0. The van der Waals surface area contributed by atoms with E-state index in [0.717, 1.165) is 5.56 Å². The fourth-order valence-corrected chi connectivity index (χ4v) is 3.51. The summed E-state index contributed by atoms with van der Waals surface area (Å²) in [5.41, 5.74) is 2.01. The minimum atomic E-state index is -0.682. The molecule has 1 aliphatic rings. The summed E-state index contributed by atoms with van der Waals surface area (Å²) in [5, 5.41) is 13.1. The van der Waals surface area contributed by atoms with Gasteiger partial charge in [0.2, 0.25) is 5.91 Å². The number of hydrogen-bond acceptors (Lipinski definition) is 8. The van der Waals surface area contributed by atoms with Crippen LogP contribution in [0.5, 0.6) is 5.75 Å². The third-order valence-corrected chi connectivity index (χ3v) is 5.16. The minimum absolute atomic E-state index is 0.0784. The van der Waals surface area contributed by atoms with Crippen molar-refractivity contribution >= 4 is 23.8 Å². The Morgan fingerprint density at radius 1 is 1.12 bits per heavy atom. The number of alkyl carbamates (subject to hydrolysis) is 1. The number of ether oxygens (including phenoxy) is 3. The Labute approximate surface area is 197 Å². The number of rotatable bonds is 9. The molecule has 10 heteroatoms. The first-order valence-corrected chi connectivity index (χ1v) is 11.1. The smallest absolute Gasteiger partial charge is 0.412 e. The third kappa shape index (κ3) is 6.77. The molecule has 0 bridgehead atoms. The van der Waals surface area contributed by atoms with E-state index in [-0.39, 0.29) is 36.8 Å². The summed E-state index contributed by atoms with van der Waals surface area (Å²) in [5.74, 6) is -0.364. The van der Waals surface area contributed by atoms with Crippen molar-refractivity contribution in [2.75, 3.05) is 19.8 Å². The molecule has 0 radical (unpaired) electrons. The van der Waals surface area contributed by atoms with E-state index in [1.807, 2.05) is 24.3 Å². The number of amidine groups is 1. The van der Waals surface area contributed by atoms with E-state index >= 15 is 0 Å². The zero-order chi connectivity index (χ0) is 24.5. The van der Waals surface area contributed by atoms with Gasteiger partial charge in [-0.15, -0.1) is 0 Å². The highest BCUT2D eigenvalue weighted by Gasteiger charge is 2.34. The largest absolute Gasteiger partial charge is 0.491 e. The van der Waals surface area contributed by atoms with Crippen LogP contribution in [0.2, 0.25) is 0 Å². The lowest BCUT2D eigenvalue weighted by Gasteiger charge is -2.12. The van der Waals surface area contributed by atoms with Gasteiger partial charge in [0.25, 0.3) is 0 Å². The van der Waals surface area contributed by atoms with Crippen molar-refractivity contribution in [1.29, 1.82) is 5.41 Å². The maximum Gasteiger partial charge on any atom is 0.412 e. The highest BCUT2D eigenvalue weighted by atomic mass is 16.5. The first kappa shape index (κ1) is 24.7. The van der Waals surface area contributed by atoms with Crippen molar-refractivity contribution in [2.24, 2.45) is 5.92 Å². The van der Waals surface area contributed by atoms with E-state index in [0.29, 0.717) is 36.6 Å². The van der Waals surface area contributed by atoms with Crippen LogP contribution in [0.3, 0.4) is 0 Å². The van der Waals surface area contributed by atoms with Gasteiger partial charge in [0.15, 0.2) is 0 Å². The molecule has 34 heavy (non-hydrogen) atoms. The summed E-state index contributed by atoms with van der Waals surface area (Å²) >= 11 is 0. The van der Waals surface area contributed by atoms with Gasteiger partial charge in [-0.2, -0.15) is 0 Å². The summed E-state index contributed by atoms with van der Waals surface area (Å²) in [6.07, 6.45) is 1.42. The maximum absolute atomic E-state index is 12.1. The average molecular weight is 469 g/mol. The number of aromatic nitrogens is 1. The van der Waals surface area contributed by atoms with Crippen LogP contribution in [0.1, 0.15) is 32.3 Å². The van der Waals surface area contributed by atoms with E-state index in [4.69, 9.17) is 19.6 Å². The average Bonchev–Trinajstić information content (AvgIpc) is 3.17. The molecule has 2 amide bonds. The van der Waals surface area contributed by atoms with Gasteiger partial charge in [-0.1, -0.05) is 0 Å². The molecule has 0 unspecified atom stereocenters. The van der Waals surface area contributed by atoms with E-state index in [1.54, 1.807) is 26.0 Å². The third-order valence-electron chi connectivity index (χ3n) is 5.16. The number of carbonyl (C=O) groups excluding carboxylic acids is 3. The molecule has 0 saturated carbocycles. The zero-order valence-electron chi connectivity index (χ0n) is 19.1. The Morgan fingerprint density at radius 3 is 2.50 bits per heavy atom. The molecule has 2 atom stereocenters. The summed E-state index contributed by atoms with van der Waals surface area (Å²) in [4.78, 5) is 39.5. The topological polar surface area (TPSA) is 140 Å². The second-order valence-corrected chi connectivity index (χ2v) is 7.64. The van der Waals surface area contributed by atoms with Crippen molar-refractivity contribution in [3.8, 4) is 17.0 Å². The Bertz CT molecular complexity index is 1020. The highest BCUT2D eigenvalue weighted by Crippen LogP contribution is 2.23. The number of benzene rings is 1. The maximum atomic E-state index is 12.1. The first-order valence-electron chi connectivity index (χ1n) is 11.1. The van der Waals surface area contributed by atoms with E-state index in [2.05, 4.69) is 15.6 Å². The Morgan fingerprint density at radius 2 is 1.85 bits per heavy atom. The van der Waals surface area contributed by atoms with Gasteiger partial charge in [0.05, 0.1) is 37.3 Å². The van der Waals surface area contributed by atoms with Gasteiger partial charge in [-0.3, -0.25) is 25.3 Å². The SMILES string of the molecule is CCOC(=O)C[C@@H]1C[C@@H](COc2ccc(-c3ccc(C(=N)NC(=O)OCC)cn3)cc2)NC1=O. The summed E-state index contributed by atoms with van der Waals surface area (Å²) in [6.45, 7) is 4.24. The molecule has 1 saturated heterocycles. The van der Waals surface area contributed by atoms with E-state index in [1.165, 1.54) is 6.20 Å². The Kier molecular flexibility index (Phi) is 8.55. The van der Waals surface area contributed by atoms with Gasteiger partial charge in [-0.25, -0.2) is 4.79 Å². The predicted octanol–water partition coefficient (Wildman–Crippen LogP) is 2.66. The van der Waals surface area contributed by atoms with Crippen LogP contribution in [0.4, 0.5) is 4.79 Å². The second-order valence-electron chi connectivity index (χ2n) is 7.64. The minimum Gasteiger partial charge on any atom is -0.491 e. The van der Waals surface area contributed by atoms with Gasteiger partial charge < -0.3 is 19.5 Å². The standard InChI is InChI=1S/C24H28N4O6/c1-3-32-21(29)12-17-11-18(27-23(17)30)14-34-19-8-5-15(6-9-19)20-10-7-16(13-26-20)22(25)28-24(31)33-4-2/h5-10,13,17-18H,3-4,11-12,14H2,1-2H3,(H,27,30)(H2,25,28,31)/t17-,18-/m0/s1.